The number of amides is 3. The molecule has 0 aromatic heterocycles. The van der Waals surface area contributed by atoms with Crippen molar-refractivity contribution in [3.63, 3.8) is 0 Å². The number of ether oxygens (including phenoxy) is 2. The first-order valence-electron chi connectivity index (χ1n) is 14.5. The summed E-state index contributed by atoms with van der Waals surface area (Å²) in [5.74, 6) is -1.90. The van der Waals surface area contributed by atoms with Crippen LogP contribution in [0.15, 0.2) is 25.3 Å². The van der Waals surface area contributed by atoms with Crippen molar-refractivity contribution in [2.45, 2.75) is 56.8 Å². The van der Waals surface area contributed by atoms with Gasteiger partial charge >= 0.3 is 0 Å². The highest BCUT2D eigenvalue weighted by Crippen LogP contribution is 2.63. The normalized spacial score (nSPS) is 31.8. The van der Waals surface area contributed by atoms with Gasteiger partial charge in [-0.25, -0.2) is 0 Å². The molecule has 3 amide bonds. The van der Waals surface area contributed by atoms with Gasteiger partial charge in [0.15, 0.2) is 0 Å². The summed E-state index contributed by atoms with van der Waals surface area (Å²) >= 11 is 0. The number of nitrogens with zero attached hydrogens (tertiary/aromatic N) is 4. The molecule has 4 aliphatic heterocycles. The minimum atomic E-state index is -1.07. The van der Waals surface area contributed by atoms with Gasteiger partial charge in [0.1, 0.15) is 11.6 Å². The summed E-state index contributed by atoms with van der Waals surface area (Å²) in [6.45, 7) is 17.3. The molecule has 0 aliphatic carbocycles. The minimum Gasteiger partial charge on any atom is -0.396 e. The van der Waals surface area contributed by atoms with Crippen molar-refractivity contribution in [2.75, 3.05) is 72.2 Å². The molecule has 4 aliphatic rings. The Hall–Kier alpha value is -2.27. The SMILES string of the molecule is C=CCN(CCN1CCOCC1)C(=O)C1N(CCCO)C(=O)[C@@H]2[C@H](C(=O)N(CC=C)CCC)[C@]3(C)CCC12O3. The molecule has 39 heavy (non-hydrogen) atoms. The molecule has 4 fully saturated rings. The van der Waals surface area contributed by atoms with Crippen LogP contribution in [0.3, 0.4) is 0 Å². The second-order valence-corrected chi connectivity index (χ2v) is 11.4. The lowest BCUT2D eigenvalue weighted by molar-refractivity contribution is -0.153. The molecule has 4 saturated heterocycles. The standard InChI is InChI=1S/C29H46N4O6/c1-5-11-31(12-6-2)25(35)22-23-26(36)33(14-8-19-34)24(29(23)10-9-28(22,4)39-29)27(37)32(13-7-3)16-15-30-17-20-38-21-18-30/h5,7,22-24,34H,1,3,6,8-21H2,2,4H3/t22-,23+,24?,28+,29?/m1/s1. The summed E-state index contributed by atoms with van der Waals surface area (Å²) in [6.07, 6.45) is 5.70. The van der Waals surface area contributed by atoms with E-state index < -0.39 is 29.1 Å². The van der Waals surface area contributed by atoms with E-state index in [4.69, 9.17) is 9.47 Å². The smallest absolute Gasteiger partial charge is 0.248 e. The maximum atomic E-state index is 14.4. The Morgan fingerprint density at radius 1 is 1.08 bits per heavy atom. The number of fused-ring (bicyclic) bond motifs is 1. The van der Waals surface area contributed by atoms with Crippen LogP contribution < -0.4 is 0 Å². The van der Waals surface area contributed by atoms with E-state index in [1.807, 2.05) is 13.8 Å². The van der Waals surface area contributed by atoms with Gasteiger partial charge in [0.25, 0.3) is 0 Å². The summed E-state index contributed by atoms with van der Waals surface area (Å²) < 4.78 is 12.2. The number of likely N-dealkylation sites (tertiary alicyclic amines) is 1. The second kappa shape index (κ2) is 12.5. The highest BCUT2D eigenvalue weighted by atomic mass is 16.5. The maximum absolute atomic E-state index is 14.4. The molecule has 4 heterocycles. The Labute approximate surface area is 232 Å². The number of carbonyl (C=O) groups excluding carboxylic acids is 3. The topological polar surface area (TPSA) is 103 Å². The first-order valence-corrected chi connectivity index (χ1v) is 14.5. The molecule has 0 saturated carbocycles. The van der Waals surface area contributed by atoms with Gasteiger partial charge in [0.05, 0.1) is 30.7 Å². The molecule has 10 nitrogen and oxygen atoms in total. The van der Waals surface area contributed by atoms with Crippen LogP contribution >= 0.6 is 0 Å². The van der Waals surface area contributed by atoms with E-state index in [0.717, 1.165) is 19.5 Å². The summed E-state index contributed by atoms with van der Waals surface area (Å²) in [5.41, 5.74) is -1.88. The fourth-order valence-corrected chi connectivity index (χ4v) is 7.18. The molecule has 1 N–H and O–H groups in total. The van der Waals surface area contributed by atoms with E-state index >= 15 is 0 Å². The molecule has 0 aromatic rings. The summed E-state index contributed by atoms with van der Waals surface area (Å²) in [6, 6.07) is -0.843. The number of carbonyl (C=O) groups is 3. The first kappa shape index (κ1) is 29.7. The molecule has 10 heteroatoms. The van der Waals surface area contributed by atoms with Crippen LogP contribution in [0, 0.1) is 11.8 Å². The van der Waals surface area contributed by atoms with Crippen molar-refractivity contribution in [2.24, 2.45) is 11.8 Å². The van der Waals surface area contributed by atoms with E-state index in [0.29, 0.717) is 65.2 Å². The molecule has 1 spiro atoms. The zero-order valence-electron chi connectivity index (χ0n) is 23.7. The Bertz CT molecular complexity index is 939. The average molecular weight is 547 g/mol. The van der Waals surface area contributed by atoms with Gasteiger partial charge < -0.3 is 29.3 Å². The number of rotatable bonds is 14. The van der Waals surface area contributed by atoms with E-state index in [-0.39, 0.29) is 30.9 Å². The van der Waals surface area contributed by atoms with Crippen molar-refractivity contribution in [3.8, 4) is 0 Å². The van der Waals surface area contributed by atoms with Gasteiger partial charge in [-0.2, -0.15) is 0 Å². The van der Waals surface area contributed by atoms with Crippen LogP contribution in [0.2, 0.25) is 0 Å². The van der Waals surface area contributed by atoms with Crippen molar-refractivity contribution in [3.05, 3.63) is 25.3 Å². The van der Waals surface area contributed by atoms with Gasteiger partial charge in [-0.3, -0.25) is 19.3 Å². The molecular weight excluding hydrogens is 500 g/mol. The van der Waals surface area contributed by atoms with Gasteiger partial charge in [-0.15, -0.1) is 13.2 Å². The van der Waals surface area contributed by atoms with E-state index in [2.05, 4.69) is 18.1 Å². The zero-order valence-corrected chi connectivity index (χ0v) is 23.7. The van der Waals surface area contributed by atoms with Crippen molar-refractivity contribution in [1.82, 2.24) is 19.6 Å². The minimum absolute atomic E-state index is 0.0969. The zero-order chi connectivity index (χ0) is 28.2. The van der Waals surface area contributed by atoms with Gasteiger partial charge in [-0.1, -0.05) is 19.1 Å². The van der Waals surface area contributed by atoms with Crippen LogP contribution in [0.1, 0.15) is 39.5 Å². The Balaban J connectivity index is 1.66. The Kier molecular flexibility index (Phi) is 9.52. The monoisotopic (exact) mass is 546 g/mol. The van der Waals surface area contributed by atoms with Gasteiger partial charge in [-0.05, 0) is 32.6 Å². The number of aliphatic hydroxyl groups is 1. The highest BCUT2D eigenvalue weighted by Gasteiger charge is 2.78. The summed E-state index contributed by atoms with van der Waals surface area (Å²) in [7, 11) is 0. The van der Waals surface area contributed by atoms with Gasteiger partial charge in [0, 0.05) is 59.0 Å². The highest BCUT2D eigenvalue weighted by molar-refractivity contribution is 5.99. The number of hydrogen-bond donors (Lipinski definition) is 1. The third-order valence-corrected chi connectivity index (χ3v) is 8.94. The van der Waals surface area contributed by atoms with Crippen LogP contribution in [0.25, 0.3) is 0 Å². The average Bonchev–Trinajstić information content (AvgIpc) is 3.50. The fourth-order valence-electron chi connectivity index (χ4n) is 7.18. The lowest BCUT2D eigenvalue weighted by Gasteiger charge is -2.37. The summed E-state index contributed by atoms with van der Waals surface area (Å²) in [5, 5.41) is 9.60. The lowest BCUT2D eigenvalue weighted by atomic mass is 9.66. The van der Waals surface area contributed by atoms with E-state index in [9.17, 15) is 19.5 Å². The molecular formula is C29H46N4O6. The Morgan fingerprint density at radius 3 is 2.36 bits per heavy atom. The van der Waals surface area contributed by atoms with Crippen molar-refractivity contribution < 1.29 is 29.0 Å². The van der Waals surface area contributed by atoms with E-state index in [1.165, 1.54) is 0 Å². The largest absolute Gasteiger partial charge is 0.396 e. The predicted molar refractivity (Wildman–Crippen MR) is 147 cm³/mol. The van der Waals surface area contributed by atoms with Gasteiger partial charge in [0.2, 0.25) is 17.7 Å². The quantitative estimate of drug-likeness (QED) is 0.323. The number of hydrogen-bond acceptors (Lipinski definition) is 7. The molecule has 5 atom stereocenters. The van der Waals surface area contributed by atoms with Crippen LogP contribution in [-0.2, 0) is 23.9 Å². The first-order chi connectivity index (χ1) is 18.8. The number of aliphatic hydroxyl groups excluding tert-OH is 1. The molecule has 218 valence electrons. The summed E-state index contributed by atoms with van der Waals surface area (Å²) in [4.78, 5) is 49.9. The predicted octanol–water partition coefficient (Wildman–Crippen LogP) is 0.905. The molecule has 2 bridgehead atoms. The van der Waals surface area contributed by atoms with Crippen LogP contribution in [0.4, 0.5) is 0 Å². The maximum Gasteiger partial charge on any atom is 0.248 e. The molecule has 4 rings (SSSR count). The lowest BCUT2D eigenvalue weighted by Crippen LogP contribution is -2.57. The second-order valence-electron chi connectivity index (χ2n) is 11.4. The van der Waals surface area contributed by atoms with Crippen molar-refractivity contribution >= 4 is 17.7 Å². The third kappa shape index (κ3) is 5.40. The molecule has 2 unspecified atom stereocenters. The van der Waals surface area contributed by atoms with E-state index in [1.54, 1.807) is 26.9 Å². The van der Waals surface area contributed by atoms with Crippen LogP contribution in [0.5, 0.6) is 0 Å². The fraction of sp³-hybridized carbons (Fsp3) is 0.759. The molecule has 0 aromatic carbocycles. The Morgan fingerprint density at radius 2 is 1.74 bits per heavy atom. The number of morpholine rings is 1. The van der Waals surface area contributed by atoms with Crippen molar-refractivity contribution in [1.29, 1.82) is 0 Å². The van der Waals surface area contributed by atoms with Crippen LogP contribution in [-0.4, -0.2) is 132 Å². The third-order valence-electron chi connectivity index (χ3n) is 8.94. The molecule has 0 radical (unpaired) electrons.